The van der Waals surface area contributed by atoms with E-state index in [1.54, 1.807) is 0 Å². The van der Waals surface area contributed by atoms with Crippen LogP contribution in [0.4, 0.5) is 26.7 Å². The second-order valence-corrected chi connectivity index (χ2v) is 4.83. The van der Waals surface area contributed by atoms with Gasteiger partial charge >= 0.3 is 24.8 Å². The van der Waals surface area contributed by atoms with Crippen molar-refractivity contribution >= 4 is 6.03 Å². The molecule has 0 aromatic carbocycles. The Morgan fingerprint density at radius 1 is 1.55 bits per heavy atom. The number of alkyl halides is 5. The van der Waals surface area contributed by atoms with Gasteiger partial charge in [0.2, 0.25) is 0 Å². The molecule has 0 bridgehead atoms. The largest absolute Gasteiger partial charge is 0.401 e. The minimum Gasteiger partial charge on any atom is -0.401 e. The smallest absolute Gasteiger partial charge is 0.394 e. The van der Waals surface area contributed by atoms with Crippen molar-refractivity contribution in [3.05, 3.63) is 18.0 Å². The first kappa shape index (κ1) is 16.2. The molecule has 1 heterocycles. The summed E-state index contributed by atoms with van der Waals surface area (Å²) in [6, 6.07) is -0.523. The molecular formula is C11H11F5N4O2. The minimum atomic E-state index is -4.52. The highest BCUT2D eigenvalue weighted by atomic mass is 19.4. The van der Waals surface area contributed by atoms with Gasteiger partial charge in [-0.1, -0.05) is 0 Å². The zero-order valence-electron chi connectivity index (χ0n) is 10.9. The van der Waals surface area contributed by atoms with Crippen molar-refractivity contribution in [2.75, 3.05) is 0 Å². The van der Waals surface area contributed by atoms with Gasteiger partial charge in [-0.3, -0.25) is 0 Å². The Morgan fingerprint density at radius 3 is 2.73 bits per heavy atom. The Morgan fingerprint density at radius 2 is 2.23 bits per heavy atom. The molecule has 0 unspecified atom stereocenters. The van der Waals surface area contributed by atoms with Crippen molar-refractivity contribution in [3.63, 3.8) is 0 Å². The zero-order chi connectivity index (χ0) is 16.5. The lowest BCUT2D eigenvalue weighted by molar-refractivity contribution is -0.152. The number of nitrogens with one attached hydrogen (secondary N) is 1. The highest BCUT2D eigenvalue weighted by Crippen LogP contribution is 2.54. The van der Waals surface area contributed by atoms with Crippen molar-refractivity contribution in [2.45, 2.75) is 31.2 Å². The summed E-state index contributed by atoms with van der Waals surface area (Å²) >= 11 is 0. The molecule has 3 N–H and O–H groups in total. The van der Waals surface area contributed by atoms with Crippen molar-refractivity contribution in [2.24, 2.45) is 11.7 Å². The molecule has 0 saturated heterocycles. The van der Waals surface area contributed by atoms with E-state index in [0.29, 0.717) is 0 Å². The van der Waals surface area contributed by atoms with Crippen LogP contribution in [0.25, 0.3) is 0 Å². The van der Waals surface area contributed by atoms with Crippen LogP contribution >= 0.6 is 0 Å². The van der Waals surface area contributed by atoms with E-state index < -0.39 is 36.3 Å². The van der Waals surface area contributed by atoms with E-state index in [9.17, 15) is 26.7 Å². The Labute approximate surface area is 120 Å². The lowest BCUT2D eigenvalue weighted by Gasteiger charge is -2.19. The van der Waals surface area contributed by atoms with Crippen LogP contribution in [0.2, 0.25) is 0 Å². The van der Waals surface area contributed by atoms with E-state index >= 15 is 0 Å². The monoisotopic (exact) mass is 326 g/mol. The Bertz CT molecular complexity index is 568. The van der Waals surface area contributed by atoms with Crippen LogP contribution in [0.1, 0.15) is 12.1 Å². The molecule has 1 fully saturated rings. The lowest BCUT2D eigenvalue weighted by Crippen LogP contribution is -2.45. The van der Waals surface area contributed by atoms with Gasteiger partial charge in [-0.15, -0.1) is 0 Å². The van der Waals surface area contributed by atoms with Crippen molar-refractivity contribution in [1.29, 1.82) is 0 Å². The van der Waals surface area contributed by atoms with Gasteiger partial charge in [0.15, 0.2) is 0 Å². The number of nitrogens with zero attached hydrogens (tertiary/aromatic N) is 2. The van der Waals surface area contributed by atoms with Crippen molar-refractivity contribution < 1.29 is 31.5 Å². The van der Waals surface area contributed by atoms with Crippen LogP contribution in [0.3, 0.4) is 0 Å². The normalized spacial score (nSPS) is 24.2. The summed E-state index contributed by atoms with van der Waals surface area (Å²) < 4.78 is 66.5. The number of carbonyl (C=O) groups is 1. The summed E-state index contributed by atoms with van der Waals surface area (Å²) in [5.41, 5.74) is 3.29. The summed E-state index contributed by atoms with van der Waals surface area (Å²) in [6.07, 6.45) is -4.14. The first-order valence-corrected chi connectivity index (χ1v) is 6.03. The van der Waals surface area contributed by atoms with Crippen molar-refractivity contribution in [3.8, 4) is 6.01 Å². The Kier molecular flexibility index (Phi) is 4.07. The quantitative estimate of drug-likeness (QED) is 0.805. The van der Waals surface area contributed by atoms with E-state index in [0.717, 1.165) is 6.20 Å². The molecule has 0 radical (unpaired) electrons. The number of rotatable bonds is 5. The van der Waals surface area contributed by atoms with E-state index in [-0.39, 0.29) is 18.5 Å². The maximum Gasteiger partial charge on any atom is 0.394 e. The zero-order valence-corrected chi connectivity index (χ0v) is 10.9. The average molecular weight is 326 g/mol. The van der Waals surface area contributed by atoms with Crippen LogP contribution in [0.5, 0.6) is 6.01 Å². The molecule has 2 rings (SSSR count). The summed E-state index contributed by atoms with van der Waals surface area (Å²) in [5.74, 6) is -1.78. The molecule has 1 saturated carbocycles. The van der Waals surface area contributed by atoms with Gasteiger partial charge in [0.1, 0.15) is 0 Å². The summed E-state index contributed by atoms with van der Waals surface area (Å²) in [4.78, 5) is 17.9. The average Bonchev–Trinajstić information content (AvgIpc) is 3.01. The topological polar surface area (TPSA) is 90.1 Å². The fraction of sp³-hybridized carbons (Fsp3) is 0.545. The number of nitrogens with two attached hydrogens (primary N) is 1. The second kappa shape index (κ2) is 5.54. The molecule has 11 heteroatoms. The number of carbonyl (C=O) groups excluding carboxylic acids is 1. The number of hydrogen-bond acceptors (Lipinski definition) is 4. The van der Waals surface area contributed by atoms with Gasteiger partial charge in [0, 0.05) is 18.3 Å². The van der Waals surface area contributed by atoms with Crippen LogP contribution < -0.4 is 15.8 Å². The van der Waals surface area contributed by atoms with Crippen LogP contribution in [-0.2, 0) is 6.42 Å². The van der Waals surface area contributed by atoms with Crippen LogP contribution in [0, 0.1) is 5.92 Å². The fourth-order valence-electron chi connectivity index (χ4n) is 2.29. The molecule has 1 aliphatic carbocycles. The summed E-state index contributed by atoms with van der Waals surface area (Å²) in [5, 5.41) is 2.07. The number of hydrogen-bond donors (Lipinski definition) is 2. The molecule has 2 atom stereocenters. The Balaban J connectivity index is 2.17. The number of urea groups is 1. The van der Waals surface area contributed by atoms with Gasteiger partial charge in [-0.05, 0) is 12.5 Å². The van der Waals surface area contributed by atoms with Gasteiger partial charge in [-0.25, -0.2) is 14.8 Å². The van der Waals surface area contributed by atoms with Gasteiger partial charge in [0.25, 0.3) is 0 Å². The maximum absolute atomic E-state index is 12.8. The number of primary amides is 1. The SMILES string of the molecule is NC(=O)N[C@@]1(Cc2ccnc(OC(F)F)n2)C[C@H]1C(F)(F)F. The van der Waals surface area contributed by atoms with E-state index in [1.165, 1.54) is 6.07 Å². The number of ether oxygens (including phenoxy) is 1. The molecule has 1 aromatic rings. The maximum atomic E-state index is 12.8. The van der Waals surface area contributed by atoms with E-state index in [2.05, 4.69) is 20.0 Å². The molecule has 1 aromatic heterocycles. The molecule has 6 nitrogen and oxygen atoms in total. The summed E-state index contributed by atoms with van der Waals surface area (Å²) in [7, 11) is 0. The third-order valence-corrected chi connectivity index (χ3v) is 3.22. The highest BCUT2D eigenvalue weighted by Gasteiger charge is 2.67. The molecule has 1 aliphatic rings. The van der Waals surface area contributed by atoms with Gasteiger partial charge in [-0.2, -0.15) is 22.0 Å². The molecule has 0 aliphatic heterocycles. The minimum absolute atomic E-state index is 0.0196. The third kappa shape index (κ3) is 3.71. The van der Waals surface area contributed by atoms with Gasteiger partial charge in [0.05, 0.1) is 11.5 Å². The fourth-order valence-corrected chi connectivity index (χ4v) is 2.29. The number of amides is 2. The molecule has 0 spiro atoms. The highest BCUT2D eigenvalue weighted by molar-refractivity contribution is 5.73. The standard InChI is InChI=1S/C11H11F5N4O2/c12-7(13)22-9-18-2-1-5(19-9)3-10(20-8(17)21)4-6(10)11(14,15)16/h1-2,6-7H,3-4H2,(H3,17,20,21)/t6-,10+/m1/s1. The Hall–Kier alpha value is -2.20. The summed E-state index contributed by atoms with van der Waals surface area (Å²) in [6.45, 7) is -3.16. The molecule has 2 amide bonds. The van der Waals surface area contributed by atoms with E-state index in [1.807, 2.05) is 0 Å². The van der Waals surface area contributed by atoms with Crippen molar-refractivity contribution in [1.82, 2.24) is 15.3 Å². The molecule has 22 heavy (non-hydrogen) atoms. The number of halogens is 5. The lowest BCUT2D eigenvalue weighted by atomic mass is 10.1. The van der Waals surface area contributed by atoms with Crippen LogP contribution in [-0.4, -0.2) is 34.3 Å². The number of aromatic nitrogens is 2. The first-order valence-electron chi connectivity index (χ1n) is 6.03. The van der Waals surface area contributed by atoms with Gasteiger partial charge < -0.3 is 15.8 Å². The predicted molar refractivity (Wildman–Crippen MR) is 62.0 cm³/mol. The van der Waals surface area contributed by atoms with Crippen LogP contribution in [0.15, 0.2) is 12.3 Å². The third-order valence-electron chi connectivity index (χ3n) is 3.22. The predicted octanol–water partition coefficient (Wildman–Crippen LogP) is 1.61. The first-order chi connectivity index (χ1) is 10.1. The molecular weight excluding hydrogens is 315 g/mol. The van der Waals surface area contributed by atoms with E-state index in [4.69, 9.17) is 5.73 Å². The second-order valence-electron chi connectivity index (χ2n) is 4.83. The molecule has 122 valence electrons.